The van der Waals surface area contributed by atoms with Gasteiger partial charge in [-0.2, -0.15) is 17.6 Å². The molecule has 0 aliphatic heterocycles. The molecule has 0 unspecified atom stereocenters. The summed E-state index contributed by atoms with van der Waals surface area (Å²) >= 11 is 0. The predicted octanol–water partition coefficient (Wildman–Crippen LogP) is 3.34. The highest BCUT2D eigenvalue weighted by molar-refractivity contribution is 4.86. The van der Waals surface area contributed by atoms with Crippen molar-refractivity contribution in [3.63, 3.8) is 0 Å². The smallest absolute Gasteiger partial charge is 0.371 e. The molecule has 0 aliphatic carbocycles. The van der Waals surface area contributed by atoms with E-state index < -0.39 is 24.9 Å². The summed E-state index contributed by atoms with van der Waals surface area (Å²) in [4.78, 5) is 0. The zero-order valence-corrected chi connectivity index (χ0v) is 8.08. The number of ether oxygens (including phenoxy) is 1. The molecule has 0 aromatic heterocycles. The van der Waals surface area contributed by atoms with Gasteiger partial charge in [0.05, 0.1) is 0 Å². The van der Waals surface area contributed by atoms with Crippen LogP contribution in [0.5, 0.6) is 0 Å². The molecule has 0 spiro atoms. The Bertz CT molecular complexity index is 182. The highest BCUT2D eigenvalue weighted by Crippen LogP contribution is 2.39. The maximum Gasteiger partial charge on any atom is 0.371 e. The molecule has 0 fully saturated rings. The molecule has 0 aromatic carbocycles. The Hall–Kier alpha value is -0.460. The normalized spacial score (nSPS) is 13.6. The predicted molar refractivity (Wildman–Crippen MR) is 41.6 cm³/mol. The lowest BCUT2D eigenvalue weighted by Gasteiger charge is -2.25. The van der Waals surface area contributed by atoms with Crippen molar-refractivity contribution >= 4 is 0 Å². The molecule has 0 saturated carbocycles. The second-order valence-corrected chi connectivity index (χ2v) is 3.03. The van der Waals surface area contributed by atoms with E-state index in [1.54, 1.807) is 6.92 Å². The van der Waals surface area contributed by atoms with Crippen LogP contribution < -0.4 is 0 Å². The van der Waals surface area contributed by atoms with E-state index in [0.717, 1.165) is 0 Å². The molecule has 7 heteroatoms. The Kier molecular flexibility index (Phi) is 5.41. The van der Waals surface area contributed by atoms with E-state index >= 15 is 0 Å². The molecule has 0 N–H and O–H groups in total. The van der Waals surface area contributed by atoms with Crippen molar-refractivity contribution in [3.05, 3.63) is 0 Å². The van der Waals surface area contributed by atoms with Crippen molar-refractivity contribution < 1.29 is 31.1 Å². The van der Waals surface area contributed by atoms with Crippen LogP contribution in [0.3, 0.4) is 0 Å². The Morgan fingerprint density at radius 3 is 2.07 bits per heavy atom. The molecule has 0 rings (SSSR count). The summed E-state index contributed by atoms with van der Waals surface area (Å²) in [6, 6.07) is 0. The highest BCUT2D eigenvalue weighted by Gasteiger charge is 2.62. The number of halogens is 6. The minimum Gasteiger partial charge on any atom is -0.375 e. The van der Waals surface area contributed by atoms with Crippen LogP contribution in [0.1, 0.15) is 19.8 Å². The van der Waals surface area contributed by atoms with E-state index in [-0.39, 0.29) is 6.61 Å². The fourth-order valence-corrected chi connectivity index (χ4v) is 0.703. The lowest BCUT2D eigenvalue weighted by atomic mass is 10.2. The summed E-state index contributed by atoms with van der Waals surface area (Å²) in [5.74, 6) is -10.2. The van der Waals surface area contributed by atoms with E-state index in [9.17, 15) is 26.3 Å². The molecule has 15 heavy (non-hydrogen) atoms. The zero-order valence-electron chi connectivity index (χ0n) is 8.08. The van der Waals surface area contributed by atoms with Crippen molar-refractivity contribution in [1.29, 1.82) is 0 Å². The van der Waals surface area contributed by atoms with Gasteiger partial charge < -0.3 is 4.74 Å². The second-order valence-electron chi connectivity index (χ2n) is 3.03. The molecular weight excluding hydrogens is 226 g/mol. The average molecular weight is 238 g/mol. The van der Waals surface area contributed by atoms with Crippen LogP contribution >= 0.6 is 0 Å². The van der Waals surface area contributed by atoms with E-state index in [0.29, 0.717) is 12.8 Å². The van der Waals surface area contributed by atoms with E-state index in [1.807, 2.05) is 0 Å². The van der Waals surface area contributed by atoms with Crippen molar-refractivity contribution in [2.45, 2.75) is 38.0 Å². The van der Waals surface area contributed by atoms with Crippen LogP contribution in [0.15, 0.2) is 0 Å². The van der Waals surface area contributed by atoms with Crippen molar-refractivity contribution in [2.75, 3.05) is 13.2 Å². The third-order valence-electron chi connectivity index (χ3n) is 1.69. The number of alkyl halides is 6. The minimum atomic E-state index is -5.35. The van der Waals surface area contributed by atoms with Gasteiger partial charge in [0.25, 0.3) is 0 Å². The first-order chi connectivity index (χ1) is 6.75. The fraction of sp³-hybridized carbons (Fsp3) is 1.00. The number of unbranched alkanes of at least 4 members (excludes halogenated alkanes) is 1. The fourth-order valence-electron chi connectivity index (χ4n) is 0.703. The number of hydrogen-bond donors (Lipinski definition) is 0. The van der Waals surface area contributed by atoms with E-state index in [4.69, 9.17) is 0 Å². The standard InChI is InChI=1S/C8H12F6O/c1-2-3-4-15-5-7(11,12)8(13,14)6(9)10/h6H,2-5H2,1H3. The summed E-state index contributed by atoms with van der Waals surface area (Å²) in [5, 5.41) is 0. The molecule has 1 nitrogen and oxygen atoms in total. The van der Waals surface area contributed by atoms with Crippen LogP contribution in [-0.4, -0.2) is 31.5 Å². The number of hydrogen-bond acceptors (Lipinski definition) is 1. The third-order valence-corrected chi connectivity index (χ3v) is 1.69. The first kappa shape index (κ1) is 14.5. The summed E-state index contributed by atoms with van der Waals surface area (Å²) in [7, 11) is 0. The van der Waals surface area contributed by atoms with Gasteiger partial charge in [0.2, 0.25) is 0 Å². The molecule has 0 amide bonds. The van der Waals surface area contributed by atoms with Gasteiger partial charge in [0.1, 0.15) is 6.61 Å². The molecule has 0 bridgehead atoms. The monoisotopic (exact) mass is 238 g/mol. The van der Waals surface area contributed by atoms with Crippen LogP contribution in [0.4, 0.5) is 26.3 Å². The molecule has 0 aromatic rings. The zero-order chi connectivity index (χ0) is 12.1. The Labute approximate surface area is 83.4 Å². The van der Waals surface area contributed by atoms with Gasteiger partial charge in [-0.1, -0.05) is 13.3 Å². The Morgan fingerprint density at radius 1 is 1.13 bits per heavy atom. The largest absolute Gasteiger partial charge is 0.375 e. The van der Waals surface area contributed by atoms with Gasteiger partial charge in [-0.05, 0) is 6.42 Å². The van der Waals surface area contributed by atoms with Gasteiger partial charge in [0.15, 0.2) is 0 Å². The van der Waals surface area contributed by atoms with Crippen LogP contribution in [-0.2, 0) is 4.74 Å². The molecule has 0 radical (unpaired) electrons. The van der Waals surface area contributed by atoms with Gasteiger partial charge in [0, 0.05) is 6.61 Å². The number of rotatable bonds is 7. The SMILES string of the molecule is CCCCOCC(F)(F)C(F)(F)C(F)F. The summed E-state index contributed by atoms with van der Waals surface area (Å²) in [6.07, 6.45) is -3.35. The second kappa shape index (κ2) is 5.58. The lowest BCUT2D eigenvalue weighted by Crippen LogP contribution is -2.49. The lowest BCUT2D eigenvalue weighted by molar-refractivity contribution is -0.278. The van der Waals surface area contributed by atoms with Crippen LogP contribution in [0.2, 0.25) is 0 Å². The summed E-state index contributed by atoms with van der Waals surface area (Å²) in [6.45, 7) is -0.0922. The van der Waals surface area contributed by atoms with E-state index in [2.05, 4.69) is 4.74 Å². The quantitative estimate of drug-likeness (QED) is 0.488. The van der Waals surface area contributed by atoms with Gasteiger partial charge >= 0.3 is 18.3 Å². The average Bonchev–Trinajstić information content (AvgIpc) is 2.12. The Balaban J connectivity index is 4.16. The van der Waals surface area contributed by atoms with Crippen LogP contribution in [0.25, 0.3) is 0 Å². The summed E-state index contributed by atoms with van der Waals surface area (Å²) < 4.78 is 77.0. The topological polar surface area (TPSA) is 9.23 Å². The first-order valence-corrected chi connectivity index (χ1v) is 4.37. The van der Waals surface area contributed by atoms with E-state index in [1.165, 1.54) is 0 Å². The highest BCUT2D eigenvalue weighted by atomic mass is 19.3. The van der Waals surface area contributed by atoms with Crippen molar-refractivity contribution in [2.24, 2.45) is 0 Å². The maximum absolute atomic E-state index is 12.5. The third kappa shape index (κ3) is 3.89. The van der Waals surface area contributed by atoms with Crippen molar-refractivity contribution in [3.8, 4) is 0 Å². The Morgan fingerprint density at radius 2 is 1.67 bits per heavy atom. The molecular formula is C8H12F6O. The molecule has 0 atom stereocenters. The van der Waals surface area contributed by atoms with Gasteiger partial charge in [-0.25, -0.2) is 8.78 Å². The van der Waals surface area contributed by atoms with Gasteiger partial charge in [-0.15, -0.1) is 0 Å². The van der Waals surface area contributed by atoms with Crippen molar-refractivity contribution in [1.82, 2.24) is 0 Å². The molecule has 0 saturated heterocycles. The minimum absolute atomic E-state index is 0.147. The molecule has 0 heterocycles. The summed E-state index contributed by atoms with van der Waals surface area (Å²) in [5.41, 5.74) is 0. The molecule has 92 valence electrons. The molecule has 0 aliphatic rings. The maximum atomic E-state index is 12.5. The van der Waals surface area contributed by atoms with Gasteiger partial charge in [-0.3, -0.25) is 0 Å². The van der Waals surface area contributed by atoms with Crippen LogP contribution in [0, 0.1) is 0 Å². The first-order valence-electron chi connectivity index (χ1n) is 4.37.